The smallest absolute Gasteiger partial charge is 0.125 e. The Kier molecular flexibility index (Phi) is 4.19. The number of nitrogens with one attached hydrogen (secondary N) is 1. The number of benzene rings is 2. The van der Waals surface area contributed by atoms with Crippen molar-refractivity contribution < 1.29 is 9.84 Å². The van der Waals surface area contributed by atoms with Crippen molar-refractivity contribution in [2.75, 3.05) is 13.2 Å². The normalized spacial score (nSPS) is 19.6. The summed E-state index contributed by atoms with van der Waals surface area (Å²) < 4.78 is 7.67. The van der Waals surface area contributed by atoms with E-state index in [1.165, 1.54) is 0 Å². The van der Waals surface area contributed by atoms with Gasteiger partial charge in [0.2, 0.25) is 0 Å². The van der Waals surface area contributed by atoms with Crippen LogP contribution >= 0.6 is 0 Å². The Morgan fingerprint density at radius 2 is 2.00 bits per heavy atom. The highest BCUT2D eigenvalue weighted by atomic mass is 16.5. The van der Waals surface area contributed by atoms with E-state index in [9.17, 15) is 5.11 Å². The Morgan fingerprint density at radius 3 is 2.88 bits per heavy atom. The lowest BCUT2D eigenvalue weighted by atomic mass is 9.88. The fourth-order valence-corrected chi connectivity index (χ4v) is 3.58. The van der Waals surface area contributed by atoms with Gasteiger partial charge in [-0.25, -0.2) is 0 Å². The van der Waals surface area contributed by atoms with Crippen LogP contribution in [-0.2, 0) is 18.7 Å². The maximum Gasteiger partial charge on any atom is 0.125 e. The molecule has 0 saturated heterocycles. The van der Waals surface area contributed by atoms with Crippen molar-refractivity contribution in [1.29, 1.82) is 0 Å². The summed E-state index contributed by atoms with van der Waals surface area (Å²) in [6.45, 7) is 4.57. The molecule has 1 aromatic heterocycles. The van der Waals surface area contributed by atoms with E-state index in [1.54, 1.807) is 0 Å². The molecule has 0 aliphatic carbocycles. The average Bonchev–Trinajstić information content (AvgIpc) is 3.00. The third-order valence-corrected chi connectivity index (χ3v) is 4.91. The van der Waals surface area contributed by atoms with Gasteiger partial charge in [-0.1, -0.05) is 36.4 Å². The molecular weight excluding hydrogens is 314 g/mol. The molecule has 1 aliphatic rings. The Labute approximate surface area is 147 Å². The summed E-state index contributed by atoms with van der Waals surface area (Å²) >= 11 is 0. The summed E-state index contributed by atoms with van der Waals surface area (Å²) in [5, 5.41) is 20.4. The van der Waals surface area contributed by atoms with Gasteiger partial charge in [-0.05, 0) is 19.1 Å². The fraction of sp³-hybridized carbons (Fsp3) is 0.350. The van der Waals surface area contributed by atoms with Gasteiger partial charge in [0.1, 0.15) is 11.4 Å². The highest BCUT2D eigenvalue weighted by Crippen LogP contribution is 2.36. The van der Waals surface area contributed by atoms with E-state index in [1.807, 2.05) is 41.1 Å². The molecule has 3 aromatic rings. The van der Waals surface area contributed by atoms with Crippen LogP contribution in [0.5, 0.6) is 5.75 Å². The van der Waals surface area contributed by atoms with Gasteiger partial charge in [-0.2, -0.15) is 5.10 Å². The molecule has 2 aromatic carbocycles. The minimum absolute atomic E-state index is 0.473. The first-order valence-electron chi connectivity index (χ1n) is 8.81. The third-order valence-electron chi connectivity index (χ3n) is 4.91. The number of aryl methyl sites for hydroxylation is 1. The van der Waals surface area contributed by atoms with Crippen molar-refractivity contribution >= 4 is 10.9 Å². The molecule has 0 radical (unpaired) electrons. The fourth-order valence-electron chi connectivity index (χ4n) is 3.58. The van der Waals surface area contributed by atoms with E-state index < -0.39 is 5.60 Å². The minimum atomic E-state index is -0.905. The van der Waals surface area contributed by atoms with Crippen LogP contribution in [0.1, 0.15) is 24.6 Å². The van der Waals surface area contributed by atoms with E-state index in [0.29, 0.717) is 26.1 Å². The van der Waals surface area contributed by atoms with Gasteiger partial charge in [0.05, 0.1) is 17.8 Å². The van der Waals surface area contributed by atoms with Gasteiger partial charge >= 0.3 is 0 Å². The van der Waals surface area contributed by atoms with Crippen LogP contribution in [0.2, 0.25) is 0 Å². The van der Waals surface area contributed by atoms with Crippen molar-refractivity contribution in [3.63, 3.8) is 0 Å². The summed E-state index contributed by atoms with van der Waals surface area (Å²) in [4.78, 5) is 0. The first-order valence-corrected chi connectivity index (χ1v) is 8.81. The standard InChI is InChI=1S/C20H23N3O2/c1-2-23-18-9-5-3-7-15(18)17(22-23)13-21-14-20(24)11-12-25-19-10-6-4-8-16(19)20/h3-10,21,24H,2,11-14H2,1H3. The quantitative estimate of drug-likeness (QED) is 0.752. The van der Waals surface area contributed by atoms with Crippen LogP contribution in [0, 0.1) is 0 Å². The van der Waals surface area contributed by atoms with E-state index in [-0.39, 0.29) is 0 Å². The lowest BCUT2D eigenvalue weighted by molar-refractivity contribution is -0.00241. The second kappa shape index (κ2) is 6.50. The molecule has 2 N–H and O–H groups in total. The first kappa shape index (κ1) is 16.1. The van der Waals surface area contributed by atoms with Crippen molar-refractivity contribution in [2.24, 2.45) is 0 Å². The number of fused-ring (bicyclic) bond motifs is 2. The zero-order valence-electron chi connectivity index (χ0n) is 14.4. The average molecular weight is 337 g/mol. The van der Waals surface area contributed by atoms with E-state index in [4.69, 9.17) is 9.84 Å². The Bertz CT molecular complexity index is 890. The maximum absolute atomic E-state index is 11.1. The van der Waals surface area contributed by atoms with Crippen LogP contribution in [0.4, 0.5) is 0 Å². The van der Waals surface area contributed by atoms with Gasteiger partial charge in [-0.15, -0.1) is 0 Å². The number of nitrogens with zero attached hydrogens (tertiary/aromatic N) is 2. The summed E-state index contributed by atoms with van der Waals surface area (Å²) in [5.74, 6) is 0.777. The van der Waals surface area contributed by atoms with Crippen molar-refractivity contribution in [1.82, 2.24) is 15.1 Å². The molecule has 0 spiro atoms. The van der Waals surface area contributed by atoms with E-state index in [2.05, 4.69) is 24.4 Å². The molecule has 5 nitrogen and oxygen atoms in total. The number of aliphatic hydroxyl groups is 1. The largest absolute Gasteiger partial charge is 0.493 e. The zero-order valence-corrected chi connectivity index (χ0v) is 14.4. The SMILES string of the molecule is CCn1nc(CNCC2(O)CCOc3ccccc32)c2ccccc21. The second-order valence-electron chi connectivity index (χ2n) is 6.51. The Balaban J connectivity index is 1.52. The predicted molar refractivity (Wildman–Crippen MR) is 97.6 cm³/mol. The van der Waals surface area contributed by atoms with Gasteiger partial charge in [0.25, 0.3) is 0 Å². The number of hydrogen-bond donors (Lipinski definition) is 2. The number of rotatable bonds is 5. The van der Waals surface area contributed by atoms with Crippen LogP contribution < -0.4 is 10.1 Å². The zero-order chi connectivity index (χ0) is 17.3. The highest BCUT2D eigenvalue weighted by Gasteiger charge is 2.35. The molecule has 25 heavy (non-hydrogen) atoms. The molecule has 0 fully saturated rings. The van der Waals surface area contributed by atoms with Crippen LogP contribution in [-0.4, -0.2) is 28.0 Å². The molecule has 5 heteroatoms. The molecule has 0 amide bonds. The van der Waals surface area contributed by atoms with Crippen molar-refractivity contribution in [2.45, 2.75) is 32.0 Å². The molecule has 1 unspecified atom stereocenters. The van der Waals surface area contributed by atoms with Gasteiger partial charge < -0.3 is 15.2 Å². The van der Waals surface area contributed by atoms with Gasteiger partial charge in [0.15, 0.2) is 0 Å². The number of hydrogen-bond acceptors (Lipinski definition) is 4. The topological polar surface area (TPSA) is 59.3 Å². The molecule has 130 valence electrons. The summed E-state index contributed by atoms with van der Waals surface area (Å²) in [5.41, 5.74) is 2.12. The Morgan fingerprint density at radius 1 is 1.20 bits per heavy atom. The van der Waals surface area contributed by atoms with Crippen molar-refractivity contribution in [3.8, 4) is 5.75 Å². The summed E-state index contributed by atoms with van der Waals surface area (Å²) in [6.07, 6.45) is 0.584. The van der Waals surface area contributed by atoms with Crippen molar-refractivity contribution in [3.05, 3.63) is 59.8 Å². The third kappa shape index (κ3) is 2.90. The second-order valence-corrected chi connectivity index (χ2v) is 6.51. The minimum Gasteiger partial charge on any atom is -0.493 e. The van der Waals surface area contributed by atoms with E-state index in [0.717, 1.165) is 34.5 Å². The predicted octanol–water partition coefficient (Wildman–Crippen LogP) is 2.82. The Hall–Kier alpha value is -2.37. The summed E-state index contributed by atoms with van der Waals surface area (Å²) in [6, 6.07) is 16.0. The number of para-hydroxylation sites is 2. The number of aromatic nitrogens is 2. The van der Waals surface area contributed by atoms with Crippen LogP contribution in [0.15, 0.2) is 48.5 Å². The maximum atomic E-state index is 11.1. The molecule has 1 atom stereocenters. The molecule has 4 rings (SSSR count). The lowest BCUT2D eigenvalue weighted by Crippen LogP contribution is -2.41. The number of ether oxygens (including phenoxy) is 1. The van der Waals surface area contributed by atoms with Crippen LogP contribution in [0.3, 0.4) is 0 Å². The molecule has 2 heterocycles. The lowest BCUT2D eigenvalue weighted by Gasteiger charge is -2.34. The highest BCUT2D eigenvalue weighted by molar-refractivity contribution is 5.81. The van der Waals surface area contributed by atoms with E-state index >= 15 is 0 Å². The molecule has 1 aliphatic heterocycles. The monoisotopic (exact) mass is 337 g/mol. The molecular formula is C20H23N3O2. The first-order chi connectivity index (χ1) is 12.2. The van der Waals surface area contributed by atoms with Gasteiger partial charge in [-0.3, -0.25) is 4.68 Å². The molecule has 0 saturated carbocycles. The van der Waals surface area contributed by atoms with Gasteiger partial charge in [0, 0.05) is 37.0 Å². The van der Waals surface area contributed by atoms with Crippen LogP contribution in [0.25, 0.3) is 10.9 Å². The summed E-state index contributed by atoms with van der Waals surface area (Å²) in [7, 11) is 0. The molecule has 0 bridgehead atoms.